The predicted octanol–water partition coefficient (Wildman–Crippen LogP) is 3.60. The molecule has 0 spiro atoms. The zero-order chi connectivity index (χ0) is 12.4. The van der Waals surface area contributed by atoms with Crippen LogP contribution >= 0.6 is 11.6 Å². The van der Waals surface area contributed by atoms with Crippen LogP contribution in [-0.4, -0.2) is 6.54 Å². The van der Waals surface area contributed by atoms with Crippen molar-refractivity contribution in [2.75, 3.05) is 11.9 Å². The molecule has 1 aliphatic rings. The lowest BCUT2D eigenvalue weighted by Gasteiger charge is -2.16. The Morgan fingerprint density at radius 2 is 1.89 bits per heavy atom. The second-order valence-electron chi connectivity index (χ2n) is 4.53. The van der Waals surface area contributed by atoms with E-state index in [0.29, 0.717) is 6.04 Å². The Balaban J connectivity index is 1.83. The molecule has 0 radical (unpaired) electrons. The Labute approximate surface area is 112 Å². The van der Waals surface area contributed by atoms with Gasteiger partial charge in [-0.3, -0.25) is 0 Å². The van der Waals surface area contributed by atoms with E-state index in [2.05, 4.69) is 41.0 Å². The normalized spacial score (nSPS) is 18.6. The molecule has 0 saturated carbocycles. The van der Waals surface area contributed by atoms with Crippen molar-refractivity contribution in [1.29, 1.82) is 0 Å². The highest BCUT2D eigenvalue weighted by molar-refractivity contribution is 6.30. The van der Waals surface area contributed by atoms with E-state index in [4.69, 9.17) is 11.6 Å². The van der Waals surface area contributed by atoms with Crippen LogP contribution in [0.4, 0.5) is 5.69 Å². The van der Waals surface area contributed by atoms with Crippen LogP contribution in [0, 0.1) is 0 Å². The molecule has 2 N–H and O–H groups in total. The largest absolute Gasteiger partial charge is 0.383 e. The van der Waals surface area contributed by atoms with Gasteiger partial charge < -0.3 is 10.6 Å². The molecule has 1 atom stereocenters. The Bertz CT molecular complexity index is 539. The second kappa shape index (κ2) is 5.01. The maximum atomic E-state index is 6.02. The maximum absolute atomic E-state index is 6.02. The van der Waals surface area contributed by atoms with E-state index < -0.39 is 0 Å². The van der Waals surface area contributed by atoms with Gasteiger partial charge in [0.05, 0.1) is 0 Å². The van der Waals surface area contributed by atoms with Crippen molar-refractivity contribution in [2.45, 2.75) is 12.6 Å². The number of fused-ring (bicyclic) bond motifs is 1. The predicted molar refractivity (Wildman–Crippen MR) is 76.0 cm³/mol. The number of halogens is 1. The molecule has 3 heteroatoms. The molecule has 2 aromatic rings. The smallest absolute Gasteiger partial charge is 0.0498 e. The first-order chi connectivity index (χ1) is 8.83. The summed E-state index contributed by atoms with van der Waals surface area (Å²) < 4.78 is 0. The van der Waals surface area contributed by atoms with Gasteiger partial charge in [0.25, 0.3) is 0 Å². The van der Waals surface area contributed by atoms with Gasteiger partial charge in [0, 0.05) is 29.8 Å². The summed E-state index contributed by atoms with van der Waals surface area (Å²) in [7, 11) is 0. The van der Waals surface area contributed by atoms with Crippen molar-refractivity contribution in [3.05, 3.63) is 64.7 Å². The number of rotatable bonds is 1. The van der Waals surface area contributed by atoms with E-state index in [9.17, 15) is 0 Å². The first-order valence-electron chi connectivity index (χ1n) is 6.13. The minimum Gasteiger partial charge on any atom is -0.383 e. The summed E-state index contributed by atoms with van der Waals surface area (Å²) in [5.41, 5.74) is 3.70. The SMILES string of the molecule is Clc1ccc2c(c1)NCC(c1ccccc1)NC2. The van der Waals surface area contributed by atoms with Crippen molar-refractivity contribution in [3.8, 4) is 0 Å². The third kappa shape index (κ3) is 2.35. The number of anilines is 1. The molecular weight excluding hydrogens is 244 g/mol. The minimum atomic E-state index is 0.331. The molecular formula is C15H15ClN2. The highest BCUT2D eigenvalue weighted by Gasteiger charge is 2.16. The standard InChI is InChI=1S/C15H15ClN2/c16-13-7-6-12-9-17-15(10-18-14(12)8-13)11-4-2-1-3-5-11/h1-8,15,17-18H,9-10H2. The summed E-state index contributed by atoms with van der Waals surface area (Å²) in [5.74, 6) is 0. The molecule has 0 saturated heterocycles. The van der Waals surface area contributed by atoms with Gasteiger partial charge in [-0.2, -0.15) is 0 Å². The van der Waals surface area contributed by atoms with Crippen molar-refractivity contribution < 1.29 is 0 Å². The molecule has 92 valence electrons. The zero-order valence-corrected chi connectivity index (χ0v) is 10.7. The van der Waals surface area contributed by atoms with E-state index in [0.717, 1.165) is 23.8 Å². The van der Waals surface area contributed by atoms with Crippen molar-refractivity contribution >= 4 is 17.3 Å². The molecule has 0 aliphatic carbocycles. The van der Waals surface area contributed by atoms with Crippen LogP contribution in [0.5, 0.6) is 0 Å². The molecule has 2 aromatic carbocycles. The highest BCUT2D eigenvalue weighted by Crippen LogP contribution is 2.25. The maximum Gasteiger partial charge on any atom is 0.0498 e. The average molecular weight is 259 g/mol. The van der Waals surface area contributed by atoms with Crippen LogP contribution in [0.25, 0.3) is 0 Å². The van der Waals surface area contributed by atoms with Gasteiger partial charge in [-0.15, -0.1) is 0 Å². The molecule has 0 fully saturated rings. The van der Waals surface area contributed by atoms with Gasteiger partial charge in [-0.1, -0.05) is 48.0 Å². The van der Waals surface area contributed by atoms with E-state index in [1.54, 1.807) is 0 Å². The number of benzene rings is 2. The van der Waals surface area contributed by atoms with Gasteiger partial charge in [-0.25, -0.2) is 0 Å². The van der Waals surface area contributed by atoms with E-state index in [1.807, 2.05) is 18.2 Å². The van der Waals surface area contributed by atoms with Gasteiger partial charge in [0.15, 0.2) is 0 Å². The molecule has 1 unspecified atom stereocenters. The van der Waals surface area contributed by atoms with Crippen molar-refractivity contribution in [3.63, 3.8) is 0 Å². The summed E-state index contributed by atoms with van der Waals surface area (Å²) >= 11 is 6.02. The first kappa shape index (κ1) is 11.6. The summed E-state index contributed by atoms with van der Waals surface area (Å²) in [4.78, 5) is 0. The van der Waals surface area contributed by atoms with E-state index in [1.165, 1.54) is 11.1 Å². The quantitative estimate of drug-likeness (QED) is 0.817. The Morgan fingerprint density at radius 1 is 1.06 bits per heavy atom. The fourth-order valence-corrected chi connectivity index (χ4v) is 2.48. The first-order valence-corrected chi connectivity index (χ1v) is 6.51. The summed E-state index contributed by atoms with van der Waals surface area (Å²) in [6, 6.07) is 16.8. The number of hydrogen-bond acceptors (Lipinski definition) is 2. The summed E-state index contributed by atoms with van der Waals surface area (Å²) in [6.07, 6.45) is 0. The zero-order valence-electron chi connectivity index (χ0n) is 9.99. The fraction of sp³-hybridized carbons (Fsp3) is 0.200. The third-order valence-corrected chi connectivity index (χ3v) is 3.54. The molecule has 0 amide bonds. The molecule has 0 aromatic heterocycles. The minimum absolute atomic E-state index is 0.331. The molecule has 1 heterocycles. The average Bonchev–Trinajstić information content (AvgIpc) is 2.62. The molecule has 3 rings (SSSR count). The van der Waals surface area contributed by atoms with Gasteiger partial charge in [0.2, 0.25) is 0 Å². The Morgan fingerprint density at radius 3 is 2.72 bits per heavy atom. The Hall–Kier alpha value is -1.51. The molecule has 0 bridgehead atoms. The number of nitrogens with one attached hydrogen (secondary N) is 2. The topological polar surface area (TPSA) is 24.1 Å². The molecule has 18 heavy (non-hydrogen) atoms. The number of hydrogen-bond donors (Lipinski definition) is 2. The van der Waals surface area contributed by atoms with Crippen LogP contribution in [0.1, 0.15) is 17.2 Å². The molecule has 1 aliphatic heterocycles. The van der Waals surface area contributed by atoms with Crippen LogP contribution in [0.3, 0.4) is 0 Å². The summed E-state index contributed by atoms with van der Waals surface area (Å²) in [6.45, 7) is 1.73. The lowest BCUT2D eigenvalue weighted by atomic mass is 10.1. The highest BCUT2D eigenvalue weighted by atomic mass is 35.5. The van der Waals surface area contributed by atoms with Gasteiger partial charge >= 0.3 is 0 Å². The van der Waals surface area contributed by atoms with Gasteiger partial charge in [-0.05, 0) is 23.3 Å². The van der Waals surface area contributed by atoms with Gasteiger partial charge in [0.1, 0.15) is 0 Å². The van der Waals surface area contributed by atoms with Crippen molar-refractivity contribution in [2.24, 2.45) is 0 Å². The Kier molecular flexibility index (Phi) is 3.22. The van der Waals surface area contributed by atoms with E-state index in [-0.39, 0.29) is 0 Å². The summed E-state index contributed by atoms with van der Waals surface area (Å²) in [5, 5.41) is 7.81. The lowest BCUT2D eigenvalue weighted by molar-refractivity contribution is 0.566. The third-order valence-electron chi connectivity index (χ3n) is 3.31. The van der Waals surface area contributed by atoms with Crippen LogP contribution < -0.4 is 10.6 Å². The van der Waals surface area contributed by atoms with Crippen LogP contribution in [0.2, 0.25) is 5.02 Å². The monoisotopic (exact) mass is 258 g/mol. The van der Waals surface area contributed by atoms with E-state index >= 15 is 0 Å². The fourth-order valence-electron chi connectivity index (χ4n) is 2.31. The van der Waals surface area contributed by atoms with Crippen LogP contribution in [-0.2, 0) is 6.54 Å². The molecule has 2 nitrogen and oxygen atoms in total. The van der Waals surface area contributed by atoms with Crippen molar-refractivity contribution in [1.82, 2.24) is 5.32 Å². The lowest BCUT2D eigenvalue weighted by Crippen LogP contribution is -2.24. The van der Waals surface area contributed by atoms with Crippen LogP contribution in [0.15, 0.2) is 48.5 Å². The second-order valence-corrected chi connectivity index (χ2v) is 4.96.